The number of nitrogen functional groups attached to an aromatic ring is 1. The lowest BCUT2D eigenvalue weighted by atomic mass is 10.2. The van der Waals surface area contributed by atoms with Crippen molar-refractivity contribution in [2.45, 2.75) is 18.9 Å². The van der Waals surface area contributed by atoms with E-state index in [1.165, 1.54) is 12.3 Å². The van der Waals surface area contributed by atoms with Gasteiger partial charge < -0.3 is 20.5 Å². The number of hydrogen-bond donors (Lipinski definition) is 2. The van der Waals surface area contributed by atoms with Crippen molar-refractivity contribution in [3.8, 4) is 0 Å². The summed E-state index contributed by atoms with van der Waals surface area (Å²) in [7, 11) is 1.64. The molecule has 3 N–H and O–H groups in total. The van der Waals surface area contributed by atoms with Crippen molar-refractivity contribution in [3.63, 3.8) is 0 Å². The van der Waals surface area contributed by atoms with Crippen LogP contribution in [0, 0.1) is 0 Å². The second-order valence-electron chi connectivity index (χ2n) is 4.35. The molecule has 1 aromatic heterocycles. The molecule has 1 aliphatic rings. The molecule has 0 spiro atoms. The Morgan fingerprint density at radius 2 is 2.39 bits per heavy atom. The number of anilines is 2. The summed E-state index contributed by atoms with van der Waals surface area (Å²) >= 11 is 0. The fourth-order valence-corrected chi connectivity index (χ4v) is 1.86. The van der Waals surface area contributed by atoms with E-state index < -0.39 is 5.97 Å². The number of nitrogens with zero attached hydrogens (tertiary/aromatic N) is 2. The number of ether oxygens (including phenoxy) is 1. The first-order valence-electron chi connectivity index (χ1n) is 5.88. The number of nitrogens with two attached hydrogens (primary N) is 1. The quantitative estimate of drug-likeness (QED) is 0.783. The molecule has 6 heteroatoms. The standard InChI is InChI=1S/C12H17N3O3/c1-18-5-4-15(8-2-3-8)11-6-9(12(16)17)10(13)7-14-11/h6-8H,2-5,13H2,1H3,(H,16,17). The maximum absolute atomic E-state index is 11.0. The summed E-state index contributed by atoms with van der Waals surface area (Å²) in [4.78, 5) is 17.3. The molecule has 1 aliphatic carbocycles. The number of aromatic nitrogens is 1. The van der Waals surface area contributed by atoms with Gasteiger partial charge in [-0.05, 0) is 18.9 Å². The number of pyridine rings is 1. The SMILES string of the molecule is COCCN(c1cc(C(=O)O)c(N)cn1)C1CC1. The van der Waals surface area contributed by atoms with E-state index in [0.717, 1.165) is 12.8 Å². The van der Waals surface area contributed by atoms with E-state index in [0.29, 0.717) is 25.0 Å². The van der Waals surface area contributed by atoms with Crippen LogP contribution >= 0.6 is 0 Å². The van der Waals surface area contributed by atoms with E-state index in [9.17, 15) is 4.79 Å². The molecule has 0 saturated heterocycles. The Morgan fingerprint density at radius 3 is 2.94 bits per heavy atom. The van der Waals surface area contributed by atoms with Crippen molar-refractivity contribution in [2.24, 2.45) is 0 Å². The molecule has 6 nitrogen and oxygen atoms in total. The summed E-state index contributed by atoms with van der Waals surface area (Å²) < 4.78 is 5.06. The van der Waals surface area contributed by atoms with Crippen molar-refractivity contribution >= 4 is 17.5 Å². The topological polar surface area (TPSA) is 88.7 Å². The van der Waals surface area contributed by atoms with Gasteiger partial charge in [-0.15, -0.1) is 0 Å². The first-order valence-corrected chi connectivity index (χ1v) is 5.88. The number of hydrogen-bond acceptors (Lipinski definition) is 5. The molecule has 1 saturated carbocycles. The van der Waals surface area contributed by atoms with Gasteiger partial charge in [0.1, 0.15) is 5.82 Å². The Morgan fingerprint density at radius 1 is 1.67 bits per heavy atom. The molecule has 0 amide bonds. The number of carboxylic acid groups (broad SMARTS) is 1. The van der Waals surface area contributed by atoms with Crippen LogP contribution in [0.15, 0.2) is 12.3 Å². The number of carbonyl (C=O) groups is 1. The van der Waals surface area contributed by atoms with E-state index in [1.54, 1.807) is 7.11 Å². The number of methoxy groups -OCH3 is 1. The monoisotopic (exact) mass is 251 g/mol. The third-order valence-electron chi connectivity index (χ3n) is 2.97. The maximum atomic E-state index is 11.0. The summed E-state index contributed by atoms with van der Waals surface area (Å²) in [5, 5.41) is 9.05. The highest BCUT2D eigenvalue weighted by Gasteiger charge is 2.30. The minimum atomic E-state index is -1.03. The normalized spacial score (nSPS) is 14.5. The summed E-state index contributed by atoms with van der Waals surface area (Å²) in [6.45, 7) is 1.29. The van der Waals surface area contributed by atoms with Gasteiger partial charge in [-0.2, -0.15) is 0 Å². The van der Waals surface area contributed by atoms with Crippen LogP contribution in [0.4, 0.5) is 11.5 Å². The predicted molar refractivity (Wildman–Crippen MR) is 67.9 cm³/mol. The van der Waals surface area contributed by atoms with Crippen LogP contribution in [0.3, 0.4) is 0 Å². The molecule has 2 rings (SSSR count). The molecular formula is C12H17N3O3. The molecule has 0 aromatic carbocycles. The molecule has 18 heavy (non-hydrogen) atoms. The van der Waals surface area contributed by atoms with Gasteiger partial charge in [0.15, 0.2) is 0 Å². The van der Waals surface area contributed by atoms with Crippen LogP contribution in [0.25, 0.3) is 0 Å². The van der Waals surface area contributed by atoms with E-state index in [4.69, 9.17) is 15.6 Å². The highest BCUT2D eigenvalue weighted by atomic mass is 16.5. The average Bonchev–Trinajstić information content (AvgIpc) is 3.15. The summed E-state index contributed by atoms with van der Waals surface area (Å²) in [5.41, 5.74) is 5.88. The second-order valence-corrected chi connectivity index (χ2v) is 4.35. The maximum Gasteiger partial charge on any atom is 0.337 e. The number of carboxylic acids is 1. The largest absolute Gasteiger partial charge is 0.478 e. The summed E-state index contributed by atoms with van der Waals surface area (Å²) in [5.74, 6) is -0.375. The molecule has 0 unspecified atom stereocenters. The van der Waals surface area contributed by atoms with Gasteiger partial charge in [0.05, 0.1) is 24.1 Å². The van der Waals surface area contributed by atoms with E-state index >= 15 is 0 Å². The van der Waals surface area contributed by atoms with Gasteiger partial charge in [0.25, 0.3) is 0 Å². The van der Waals surface area contributed by atoms with Crippen molar-refractivity contribution in [3.05, 3.63) is 17.8 Å². The van der Waals surface area contributed by atoms with Crippen molar-refractivity contribution in [2.75, 3.05) is 30.9 Å². The van der Waals surface area contributed by atoms with Gasteiger partial charge in [0.2, 0.25) is 0 Å². The second kappa shape index (κ2) is 5.22. The van der Waals surface area contributed by atoms with E-state index in [2.05, 4.69) is 9.88 Å². The third-order valence-corrected chi connectivity index (χ3v) is 2.97. The minimum absolute atomic E-state index is 0.100. The number of rotatable bonds is 6. The molecule has 0 radical (unpaired) electrons. The van der Waals surface area contributed by atoms with Crippen LogP contribution in [0.2, 0.25) is 0 Å². The van der Waals surface area contributed by atoms with Crippen molar-refractivity contribution in [1.82, 2.24) is 4.98 Å². The molecule has 98 valence electrons. The highest BCUT2D eigenvalue weighted by molar-refractivity contribution is 5.94. The van der Waals surface area contributed by atoms with Crippen LogP contribution in [0.5, 0.6) is 0 Å². The van der Waals surface area contributed by atoms with E-state index in [1.807, 2.05) is 0 Å². The molecule has 1 fully saturated rings. The average molecular weight is 251 g/mol. The molecule has 0 bridgehead atoms. The van der Waals surface area contributed by atoms with Crippen LogP contribution in [-0.2, 0) is 4.74 Å². The Kier molecular flexibility index (Phi) is 3.66. The van der Waals surface area contributed by atoms with Crippen molar-refractivity contribution < 1.29 is 14.6 Å². The summed E-state index contributed by atoms with van der Waals surface area (Å²) in [6, 6.07) is 1.98. The predicted octanol–water partition coefficient (Wildman–Crippen LogP) is 0.977. The zero-order valence-corrected chi connectivity index (χ0v) is 10.3. The smallest absolute Gasteiger partial charge is 0.337 e. The minimum Gasteiger partial charge on any atom is -0.478 e. The Hall–Kier alpha value is -1.82. The van der Waals surface area contributed by atoms with Gasteiger partial charge in [0, 0.05) is 19.7 Å². The fraction of sp³-hybridized carbons (Fsp3) is 0.500. The van der Waals surface area contributed by atoms with Gasteiger partial charge >= 0.3 is 5.97 Å². The fourth-order valence-electron chi connectivity index (χ4n) is 1.86. The van der Waals surface area contributed by atoms with Crippen LogP contribution in [0.1, 0.15) is 23.2 Å². The number of aromatic carboxylic acids is 1. The first kappa shape index (κ1) is 12.6. The molecule has 1 heterocycles. The Balaban J connectivity index is 2.24. The Labute approximate surface area is 105 Å². The van der Waals surface area contributed by atoms with Crippen LogP contribution < -0.4 is 10.6 Å². The summed E-state index contributed by atoms with van der Waals surface area (Å²) in [6.07, 6.45) is 3.62. The lowest BCUT2D eigenvalue weighted by Crippen LogP contribution is -2.30. The Bertz CT molecular complexity index is 446. The van der Waals surface area contributed by atoms with E-state index in [-0.39, 0.29) is 11.3 Å². The highest BCUT2D eigenvalue weighted by Crippen LogP contribution is 2.31. The van der Waals surface area contributed by atoms with Gasteiger partial charge in [-0.1, -0.05) is 0 Å². The third kappa shape index (κ3) is 2.70. The van der Waals surface area contributed by atoms with Gasteiger partial charge in [-0.25, -0.2) is 9.78 Å². The zero-order chi connectivity index (χ0) is 13.1. The zero-order valence-electron chi connectivity index (χ0n) is 10.3. The molecule has 0 atom stereocenters. The molecule has 0 aliphatic heterocycles. The molecular weight excluding hydrogens is 234 g/mol. The van der Waals surface area contributed by atoms with Gasteiger partial charge in [-0.3, -0.25) is 0 Å². The lowest BCUT2D eigenvalue weighted by Gasteiger charge is -2.23. The lowest BCUT2D eigenvalue weighted by molar-refractivity contribution is 0.0698. The van der Waals surface area contributed by atoms with Crippen LogP contribution in [-0.4, -0.2) is 42.4 Å². The van der Waals surface area contributed by atoms with Crippen molar-refractivity contribution in [1.29, 1.82) is 0 Å². The first-order chi connectivity index (χ1) is 8.63. The molecule has 1 aromatic rings.